The summed E-state index contributed by atoms with van der Waals surface area (Å²) in [6.07, 6.45) is 5.75. The first-order valence-corrected chi connectivity index (χ1v) is 5.48. The average Bonchev–Trinajstić information content (AvgIpc) is 2.50. The van der Waals surface area contributed by atoms with Gasteiger partial charge >= 0.3 is 0 Å². The van der Waals surface area contributed by atoms with E-state index in [1.54, 1.807) is 11.6 Å². The van der Waals surface area contributed by atoms with Crippen LogP contribution in [0, 0.1) is 11.8 Å². The maximum Gasteiger partial charge on any atom is 0.133 e. The summed E-state index contributed by atoms with van der Waals surface area (Å²) in [4.78, 5) is 11.4. The molecule has 0 aromatic carbocycles. The van der Waals surface area contributed by atoms with Crippen LogP contribution in [-0.2, 0) is 18.3 Å². The largest absolute Gasteiger partial charge is 0.300 e. The SMILES string of the molecule is CC(=O)C(CCc1cnn(C)c1)C(C)C. The van der Waals surface area contributed by atoms with Gasteiger partial charge in [0.15, 0.2) is 0 Å². The van der Waals surface area contributed by atoms with E-state index < -0.39 is 0 Å². The van der Waals surface area contributed by atoms with E-state index in [1.807, 2.05) is 19.4 Å². The Labute approximate surface area is 91.5 Å². The standard InChI is InChI=1S/C12H20N2O/c1-9(2)12(10(3)15)6-5-11-7-13-14(4)8-11/h7-9,12H,5-6H2,1-4H3. The summed E-state index contributed by atoms with van der Waals surface area (Å²) >= 11 is 0. The molecular formula is C12H20N2O. The molecule has 15 heavy (non-hydrogen) atoms. The summed E-state index contributed by atoms with van der Waals surface area (Å²) in [6.45, 7) is 5.90. The van der Waals surface area contributed by atoms with E-state index in [-0.39, 0.29) is 5.92 Å². The van der Waals surface area contributed by atoms with Crippen molar-refractivity contribution in [1.82, 2.24) is 9.78 Å². The number of nitrogens with zero attached hydrogens (tertiary/aromatic N) is 2. The third kappa shape index (κ3) is 3.50. The van der Waals surface area contributed by atoms with Crippen molar-refractivity contribution in [3.63, 3.8) is 0 Å². The van der Waals surface area contributed by atoms with Crippen molar-refractivity contribution in [2.45, 2.75) is 33.6 Å². The van der Waals surface area contributed by atoms with Crippen LogP contribution in [0.1, 0.15) is 32.8 Å². The first kappa shape index (κ1) is 12.0. The van der Waals surface area contributed by atoms with Crippen molar-refractivity contribution in [1.29, 1.82) is 0 Å². The fourth-order valence-electron chi connectivity index (χ4n) is 1.93. The molecule has 0 spiro atoms. The van der Waals surface area contributed by atoms with Gasteiger partial charge in [-0.25, -0.2) is 0 Å². The summed E-state index contributed by atoms with van der Waals surface area (Å²) in [5.41, 5.74) is 1.21. The lowest BCUT2D eigenvalue weighted by atomic mass is 9.87. The fraction of sp³-hybridized carbons (Fsp3) is 0.667. The monoisotopic (exact) mass is 208 g/mol. The molecule has 0 saturated carbocycles. The van der Waals surface area contributed by atoms with Gasteiger partial charge in [-0.05, 0) is 31.2 Å². The number of carbonyl (C=O) groups excluding carboxylic acids is 1. The summed E-state index contributed by atoms with van der Waals surface area (Å²) in [5, 5.41) is 4.12. The van der Waals surface area contributed by atoms with E-state index in [9.17, 15) is 4.79 Å². The first-order chi connectivity index (χ1) is 7.00. The van der Waals surface area contributed by atoms with Crippen molar-refractivity contribution in [2.75, 3.05) is 0 Å². The molecular weight excluding hydrogens is 188 g/mol. The van der Waals surface area contributed by atoms with Crippen molar-refractivity contribution in [2.24, 2.45) is 18.9 Å². The highest BCUT2D eigenvalue weighted by Gasteiger charge is 2.18. The predicted molar refractivity (Wildman–Crippen MR) is 60.5 cm³/mol. The zero-order valence-corrected chi connectivity index (χ0v) is 10.0. The lowest BCUT2D eigenvalue weighted by molar-refractivity contribution is -0.122. The molecule has 3 heteroatoms. The van der Waals surface area contributed by atoms with Gasteiger partial charge < -0.3 is 0 Å². The predicted octanol–water partition coefficient (Wildman–Crippen LogP) is 2.21. The fourth-order valence-corrected chi connectivity index (χ4v) is 1.93. The quantitative estimate of drug-likeness (QED) is 0.743. The Morgan fingerprint density at radius 2 is 2.20 bits per heavy atom. The molecule has 1 unspecified atom stereocenters. The summed E-state index contributed by atoms with van der Waals surface area (Å²) in [6, 6.07) is 0. The molecule has 0 fully saturated rings. The molecule has 1 aromatic heterocycles. The van der Waals surface area contributed by atoms with Crippen LogP contribution in [0.3, 0.4) is 0 Å². The number of carbonyl (C=O) groups is 1. The van der Waals surface area contributed by atoms with Crippen molar-refractivity contribution < 1.29 is 4.79 Å². The molecule has 84 valence electrons. The normalized spacial score (nSPS) is 13.1. The van der Waals surface area contributed by atoms with Crippen LogP contribution in [-0.4, -0.2) is 15.6 Å². The smallest absolute Gasteiger partial charge is 0.133 e. The molecule has 1 aromatic rings. The van der Waals surface area contributed by atoms with Gasteiger partial charge in [-0.2, -0.15) is 5.10 Å². The molecule has 1 atom stereocenters. The zero-order chi connectivity index (χ0) is 11.4. The second-order valence-electron chi connectivity index (χ2n) is 4.52. The topological polar surface area (TPSA) is 34.9 Å². The Bertz CT molecular complexity index is 328. The van der Waals surface area contributed by atoms with Gasteiger partial charge in [-0.3, -0.25) is 9.48 Å². The average molecular weight is 208 g/mol. The van der Waals surface area contributed by atoms with E-state index in [0.717, 1.165) is 12.8 Å². The van der Waals surface area contributed by atoms with E-state index in [4.69, 9.17) is 0 Å². The number of hydrogen-bond acceptors (Lipinski definition) is 2. The van der Waals surface area contributed by atoms with Crippen molar-refractivity contribution >= 4 is 5.78 Å². The van der Waals surface area contributed by atoms with Crippen molar-refractivity contribution in [3.05, 3.63) is 18.0 Å². The van der Waals surface area contributed by atoms with E-state index in [1.165, 1.54) is 5.56 Å². The second kappa shape index (κ2) is 5.10. The van der Waals surface area contributed by atoms with Crippen LogP contribution < -0.4 is 0 Å². The van der Waals surface area contributed by atoms with Gasteiger partial charge in [0, 0.05) is 19.2 Å². The summed E-state index contributed by atoms with van der Waals surface area (Å²) < 4.78 is 1.80. The number of Topliss-reactive ketones (excluding diaryl/α,β-unsaturated/α-hetero) is 1. The maximum atomic E-state index is 11.4. The summed E-state index contributed by atoms with van der Waals surface area (Å²) in [5.74, 6) is 0.915. The van der Waals surface area contributed by atoms with Gasteiger partial charge in [0.05, 0.1) is 6.20 Å². The highest BCUT2D eigenvalue weighted by molar-refractivity contribution is 5.78. The van der Waals surface area contributed by atoms with Crippen LogP contribution in [0.25, 0.3) is 0 Å². The van der Waals surface area contributed by atoms with Gasteiger partial charge in [0.25, 0.3) is 0 Å². The number of rotatable bonds is 5. The van der Waals surface area contributed by atoms with Crippen molar-refractivity contribution in [3.8, 4) is 0 Å². The molecule has 0 aliphatic heterocycles. The van der Waals surface area contributed by atoms with Gasteiger partial charge in [-0.1, -0.05) is 13.8 Å². The Morgan fingerprint density at radius 1 is 1.53 bits per heavy atom. The molecule has 0 saturated heterocycles. The van der Waals surface area contributed by atoms with Crippen LogP contribution in [0.5, 0.6) is 0 Å². The molecule has 3 nitrogen and oxygen atoms in total. The third-order valence-corrected chi connectivity index (χ3v) is 2.83. The Hall–Kier alpha value is -1.12. The van der Waals surface area contributed by atoms with Crippen LogP contribution in [0.2, 0.25) is 0 Å². The minimum Gasteiger partial charge on any atom is -0.300 e. The molecule has 0 aliphatic carbocycles. The van der Waals surface area contributed by atoms with Gasteiger partial charge in [0.1, 0.15) is 5.78 Å². The summed E-state index contributed by atoms with van der Waals surface area (Å²) in [7, 11) is 1.91. The first-order valence-electron chi connectivity index (χ1n) is 5.48. The molecule has 0 bridgehead atoms. The Balaban J connectivity index is 2.50. The van der Waals surface area contributed by atoms with E-state index in [2.05, 4.69) is 18.9 Å². The third-order valence-electron chi connectivity index (χ3n) is 2.83. The number of aryl methyl sites for hydroxylation is 2. The molecule has 1 heterocycles. The number of hydrogen-bond donors (Lipinski definition) is 0. The van der Waals surface area contributed by atoms with Crippen LogP contribution in [0.15, 0.2) is 12.4 Å². The van der Waals surface area contributed by atoms with E-state index >= 15 is 0 Å². The minimum atomic E-state index is 0.185. The highest BCUT2D eigenvalue weighted by Crippen LogP contribution is 2.18. The Morgan fingerprint density at radius 3 is 2.60 bits per heavy atom. The molecule has 0 N–H and O–H groups in total. The second-order valence-corrected chi connectivity index (χ2v) is 4.52. The zero-order valence-electron chi connectivity index (χ0n) is 10.0. The van der Waals surface area contributed by atoms with Crippen LogP contribution in [0.4, 0.5) is 0 Å². The van der Waals surface area contributed by atoms with Gasteiger partial charge in [0.2, 0.25) is 0 Å². The lowest BCUT2D eigenvalue weighted by Gasteiger charge is -2.16. The number of aromatic nitrogens is 2. The van der Waals surface area contributed by atoms with Crippen LogP contribution >= 0.6 is 0 Å². The molecule has 0 radical (unpaired) electrons. The molecule has 0 aliphatic rings. The maximum absolute atomic E-state index is 11.4. The molecule has 0 amide bonds. The minimum absolute atomic E-state index is 0.185. The Kier molecular flexibility index (Phi) is 4.06. The highest BCUT2D eigenvalue weighted by atomic mass is 16.1. The molecule has 1 rings (SSSR count). The number of ketones is 1. The van der Waals surface area contributed by atoms with Gasteiger partial charge in [-0.15, -0.1) is 0 Å². The van der Waals surface area contributed by atoms with E-state index in [0.29, 0.717) is 11.7 Å². The lowest BCUT2D eigenvalue weighted by Crippen LogP contribution is -2.18.